The van der Waals surface area contributed by atoms with Gasteiger partial charge in [0.25, 0.3) is 0 Å². The van der Waals surface area contributed by atoms with Gasteiger partial charge in [-0.3, -0.25) is 4.79 Å². The molecule has 0 spiro atoms. The molecule has 0 aliphatic heterocycles. The number of carbonyl (C=O) groups excluding carboxylic acids is 1. The second kappa shape index (κ2) is 4.45. The second-order valence-corrected chi connectivity index (χ2v) is 5.26. The van der Waals surface area contributed by atoms with Crippen LogP contribution < -0.4 is 11.1 Å². The van der Waals surface area contributed by atoms with Crippen molar-refractivity contribution in [3.05, 3.63) is 22.7 Å². The first-order valence-electron chi connectivity index (χ1n) is 5.44. The van der Waals surface area contributed by atoms with Gasteiger partial charge in [-0.1, -0.05) is 22.9 Å². The molecule has 0 radical (unpaired) electrons. The van der Waals surface area contributed by atoms with Gasteiger partial charge in [0.05, 0.1) is 11.4 Å². The van der Waals surface area contributed by atoms with Crippen molar-refractivity contribution >= 4 is 33.2 Å². The molecule has 0 saturated heterocycles. The number of nitrogen functional groups attached to an aromatic ring is 1. The van der Waals surface area contributed by atoms with Gasteiger partial charge < -0.3 is 11.1 Å². The second-order valence-electron chi connectivity index (χ2n) is 4.35. The van der Waals surface area contributed by atoms with Gasteiger partial charge in [0.1, 0.15) is 0 Å². The summed E-state index contributed by atoms with van der Waals surface area (Å²) < 4.78 is 0.915. The van der Waals surface area contributed by atoms with Crippen molar-refractivity contribution in [2.75, 3.05) is 11.1 Å². The molecule has 1 fully saturated rings. The van der Waals surface area contributed by atoms with Crippen molar-refractivity contribution in [2.45, 2.75) is 19.8 Å². The molecule has 1 unspecified atom stereocenters. The Morgan fingerprint density at radius 2 is 2.25 bits per heavy atom. The largest absolute Gasteiger partial charge is 0.397 e. The van der Waals surface area contributed by atoms with E-state index in [4.69, 9.17) is 5.73 Å². The fourth-order valence-electron chi connectivity index (χ4n) is 1.70. The summed E-state index contributed by atoms with van der Waals surface area (Å²) in [5.41, 5.74) is 7.10. The van der Waals surface area contributed by atoms with Crippen LogP contribution in [-0.2, 0) is 4.79 Å². The molecule has 4 heteroatoms. The summed E-state index contributed by atoms with van der Waals surface area (Å²) in [6, 6.07) is 5.47. The minimum atomic E-state index is 0.0662. The Balaban J connectivity index is 2.05. The lowest BCUT2D eigenvalue weighted by atomic mass is 10.1. The number of benzene rings is 1. The van der Waals surface area contributed by atoms with E-state index in [1.807, 2.05) is 19.1 Å². The number of carbonyl (C=O) groups is 1. The lowest BCUT2D eigenvalue weighted by Crippen LogP contribution is -2.22. The Kier molecular flexibility index (Phi) is 3.19. The van der Waals surface area contributed by atoms with Crippen LogP contribution in [0, 0.1) is 11.8 Å². The van der Waals surface area contributed by atoms with Crippen molar-refractivity contribution in [3.63, 3.8) is 0 Å². The van der Waals surface area contributed by atoms with E-state index in [1.165, 1.54) is 12.8 Å². The maximum Gasteiger partial charge on any atom is 0.227 e. The highest BCUT2D eigenvalue weighted by Crippen LogP contribution is 2.37. The molecule has 86 valence electrons. The zero-order chi connectivity index (χ0) is 11.7. The monoisotopic (exact) mass is 282 g/mol. The molecule has 1 aliphatic rings. The molecule has 1 amide bonds. The number of nitrogens with two attached hydrogens (primary N) is 1. The summed E-state index contributed by atoms with van der Waals surface area (Å²) >= 11 is 3.33. The van der Waals surface area contributed by atoms with E-state index in [9.17, 15) is 4.79 Å². The third-order valence-electron chi connectivity index (χ3n) is 3.01. The highest BCUT2D eigenvalue weighted by Gasteiger charge is 2.32. The summed E-state index contributed by atoms with van der Waals surface area (Å²) in [5, 5.41) is 2.87. The molecule has 1 aromatic carbocycles. The Morgan fingerprint density at radius 1 is 1.56 bits per heavy atom. The third kappa shape index (κ3) is 2.55. The van der Waals surface area contributed by atoms with Crippen molar-refractivity contribution in [1.82, 2.24) is 0 Å². The first kappa shape index (κ1) is 11.5. The molecule has 1 atom stereocenters. The van der Waals surface area contributed by atoms with Crippen LogP contribution in [0.25, 0.3) is 0 Å². The summed E-state index contributed by atoms with van der Waals surface area (Å²) in [4.78, 5) is 11.9. The minimum Gasteiger partial charge on any atom is -0.397 e. The normalized spacial score (nSPS) is 16.9. The summed E-state index contributed by atoms with van der Waals surface area (Å²) in [6.45, 7) is 1.97. The van der Waals surface area contributed by atoms with Crippen molar-refractivity contribution in [1.29, 1.82) is 0 Å². The van der Waals surface area contributed by atoms with Crippen LogP contribution in [0.2, 0.25) is 0 Å². The Hall–Kier alpha value is -1.03. The Labute approximate surface area is 104 Å². The topological polar surface area (TPSA) is 55.1 Å². The first-order valence-corrected chi connectivity index (χ1v) is 6.23. The fraction of sp³-hybridized carbons (Fsp3) is 0.417. The van der Waals surface area contributed by atoms with Gasteiger partial charge in [-0.25, -0.2) is 0 Å². The number of amides is 1. The molecule has 0 bridgehead atoms. The number of hydrogen-bond donors (Lipinski definition) is 2. The van der Waals surface area contributed by atoms with E-state index >= 15 is 0 Å². The highest BCUT2D eigenvalue weighted by molar-refractivity contribution is 9.10. The molecule has 16 heavy (non-hydrogen) atoms. The van der Waals surface area contributed by atoms with Crippen LogP contribution in [-0.4, -0.2) is 5.91 Å². The van der Waals surface area contributed by atoms with E-state index in [0.29, 0.717) is 17.3 Å². The SMILES string of the molecule is CC(C(=O)Nc1ccc(Br)cc1N)C1CC1. The molecule has 1 aliphatic carbocycles. The van der Waals surface area contributed by atoms with Gasteiger partial charge in [-0.2, -0.15) is 0 Å². The van der Waals surface area contributed by atoms with Crippen LogP contribution in [0.15, 0.2) is 22.7 Å². The van der Waals surface area contributed by atoms with Gasteiger partial charge >= 0.3 is 0 Å². The van der Waals surface area contributed by atoms with Crippen molar-refractivity contribution < 1.29 is 4.79 Å². The van der Waals surface area contributed by atoms with Gasteiger partial charge in [0, 0.05) is 10.4 Å². The molecule has 3 nitrogen and oxygen atoms in total. The van der Waals surface area contributed by atoms with Crippen LogP contribution in [0.4, 0.5) is 11.4 Å². The molecular formula is C12H15BrN2O. The first-order chi connectivity index (χ1) is 7.58. The van der Waals surface area contributed by atoms with E-state index in [2.05, 4.69) is 21.2 Å². The molecular weight excluding hydrogens is 268 g/mol. The third-order valence-corrected chi connectivity index (χ3v) is 3.51. The maximum absolute atomic E-state index is 11.9. The van der Waals surface area contributed by atoms with Crippen molar-refractivity contribution in [3.8, 4) is 0 Å². The summed E-state index contributed by atoms with van der Waals surface area (Å²) in [6.07, 6.45) is 2.34. The highest BCUT2D eigenvalue weighted by atomic mass is 79.9. The van der Waals surface area contributed by atoms with Crippen LogP contribution in [0.1, 0.15) is 19.8 Å². The standard InChI is InChI=1S/C12H15BrN2O/c1-7(8-2-3-8)12(16)15-11-5-4-9(13)6-10(11)14/h4-8H,2-3,14H2,1H3,(H,15,16). The van der Waals surface area contributed by atoms with E-state index in [-0.39, 0.29) is 11.8 Å². The molecule has 0 heterocycles. The molecule has 0 aromatic heterocycles. The smallest absolute Gasteiger partial charge is 0.227 e. The summed E-state index contributed by atoms with van der Waals surface area (Å²) in [5.74, 6) is 0.719. The molecule has 1 saturated carbocycles. The Morgan fingerprint density at radius 3 is 2.81 bits per heavy atom. The summed E-state index contributed by atoms with van der Waals surface area (Å²) in [7, 11) is 0. The van der Waals surface area contributed by atoms with Gasteiger partial charge in [-0.05, 0) is 37.0 Å². The number of hydrogen-bond acceptors (Lipinski definition) is 2. The van der Waals surface area contributed by atoms with Crippen LogP contribution >= 0.6 is 15.9 Å². The number of anilines is 2. The quantitative estimate of drug-likeness (QED) is 0.838. The van der Waals surface area contributed by atoms with Crippen LogP contribution in [0.5, 0.6) is 0 Å². The molecule has 3 N–H and O–H groups in total. The minimum absolute atomic E-state index is 0.0662. The average molecular weight is 283 g/mol. The average Bonchev–Trinajstić information content (AvgIpc) is 3.04. The lowest BCUT2D eigenvalue weighted by molar-refractivity contribution is -0.119. The van der Waals surface area contributed by atoms with Gasteiger partial charge in [0.15, 0.2) is 0 Å². The fourth-order valence-corrected chi connectivity index (χ4v) is 2.08. The predicted molar refractivity (Wildman–Crippen MR) is 69.1 cm³/mol. The Bertz CT molecular complexity index is 415. The van der Waals surface area contributed by atoms with Crippen molar-refractivity contribution in [2.24, 2.45) is 11.8 Å². The lowest BCUT2D eigenvalue weighted by Gasteiger charge is -2.12. The maximum atomic E-state index is 11.9. The van der Waals surface area contributed by atoms with E-state index < -0.39 is 0 Å². The molecule has 2 rings (SSSR count). The number of halogens is 1. The molecule has 1 aromatic rings. The predicted octanol–water partition coefficient (Wildman–Crippen LogP) is 3.02. The van der Waals surface area contributed by atoms with Crippen LogP contribution in [0.3, 0.4) is 0 Å². The zero-order valence-corrected chi connectivity index (χ0v) is 10.8. The van der Waals surface area contributed by atoms with E-state index in [0.717, 1.165) is 4.47 Å². The number of nitrogens with one attached hydrogen (secondary N) is 1. The number of rotatable bonds is 3. The zero-order valence-electron chi connectivity index (χ0n) is 9.16. The van der Waals surface area contributed by atoms with Gasteiger partial charge in [-0.15, -0.1) is 0 Å². The van der Waals surface area contributed by atoms with E-state index in [1.54, 1.807) is 6.07 Å². The van der Waals surface area contributed by atoms with Gasteiger partial charge in [0.2, 0.25) is 5.91 Å².